The number of carbonyl (C=O) groups is 2. The zero-order valence-electron chi connectivity index (χ0n) is 18.7. The van der Waals surface area contributed by atoms with Crippen LogP contribution in [0.5, 0.6) is 0 Å². The summed E-state index contributed by atoms with van der Waals surface area (Å²) in [4.78, 5) is 30.8. The number of ether oxygens (including phenoxy) is 1. The van der Waals surface area contributed by atoms with E-state index in [4.69, 9.17) is 10.00 Å². The molecule has 0 aromatic heterocycles. The lowest BCUT2D eigenvalue weighted by Crippen LogP contribution is -2.42. The van der Waals surface area contributed by atoms with Crippen LogP contribution >= 0.6 is 0 Å². The molecule has 2 amide bonds. The van der Waals surface area contributed by atoms with Crippen LogP contribution in [0.25, 0.3) is 0 Å². The van der Waals surface area contributed by atoms with Gasteiger partial charge in [-0.3, -0.25) is 9.69 Å². The second-order valence-electron chi connectivity index (χ2n) is 8.31. The van der Waals surface area contributed by atoms with Crippen molar-refractivity contribution in [2.75, 3.05) is 50.8 Å². The number of hydrogen-bond donors (Lipinski definition) is 0. The second kappa shape index (κ2) is 11.6. The first-order valence-corrected chi connectivity index (χ1v) is 10.7. The molecule has 2 rings (SSSR count). The van der Waals surface area contributed by atoms with E-state index in [0.29, 0.717) is 38.7 Å². The lowest BCUT2D eigenvalue weighted by molar-refractivity contribution is -0.119. The first kappa shape index (κ1) is 23.7. The van der Waals surface area contributed by atoms with Crippen molar-refractivity contribution in [1.82, 2.24) is 9.80 Å². The third-order valence-electron chi connectivity index (χ3n) is 5.30. The quantitative estimate of drug-likeness (QED) is 0.684. The Morgan fingerprint density at radius 2 is 1.93 bits per heavy atom. The Morgan fingerprint density at radius 1 is 1.17 bits per heavy atom. The second-order valence-corrected chi connectivity index (χ2v) is 8.31. The number of benzene rings is 1. The smallest absolute Gasteiger partial charge is 0.409 e. The van der Waals surface area contributed by atoms with Crippen LogP contribution in [0.2, 0.25) is 0 Å². The van der Waals surface area contributed by atoms with Gasteiger partial charge < -0.3 is 14.5 Å². The summed E-state index contributed by atoms with van der Waals surface area (Å²) in [5, 5.41) is 9.01. The van der Waals surface area contributed by atoms with Crippen molar-refractivity contribution in [3.05, 3.63) is 29.3 Å². The van der Waals surface area contributed by atoms with E-state index in [0.717, 1.165) is 24.2 Å². The van der Waals surface area contributed by atoms with E-state index in [9.17, 15) is 9.59 Å². The van der Waals surface area contributed by atoms with Crippen molar-refractivity contribution in [1.29, 1.82) is 5.26 Å². The highest BCUT2D eigenvalue weighted by atomic mass is 16.6. The number of nitrogens with zero attached hydrogens (tertiary/aromatic N) is 4. The molecule has 0 spiro atoms. The SMILES string of the molecule is Cc1ccc(N(CCC#N)C(=O)CN2CCCN(C(=O)OCC(C)C)CC2)cc1C. The predicted octanol–water partition coefficient (Wildman–Crippen LogP) is 3.35. The molecule has 0 N–H and O–H groups in total. The number of carbonyl (C=O) groups excluding carboxylic acids is 2. The van der Waals surface area contributed by atoms with Crippen LogP contribution in [0, 0.1) is 31.1 Å². The van der Waals surface area contributed by atoms with Gasteiger partial charge in [0.25, 0.3) is 0 Å². The first-order valence-electron chi connectivity index (χ1n) is 10.7. The van der Waals surface area contributed by atoms with Gasteiger partial charge in [-0.25, -0.2) is 4.79 Å². The van der Waals surface area contributed by atoms with E-state index in [1.807, 2.05) is 45.9 Å². The maximum atomic E-state index is 13.1. The predicted molar refractivity (Wildman–Crippen MR) is 117 cm³/mol. The standard InChI is InChI=1S/C23H34N4O3/c1-18(2)17-30-23(29)26-11-6-10-25(13-14-26)16-22(28)27(12-5-9-24)21-8-7-19(3)20(4)15-21/h7-8,15,18H,5-6,10-14,16-17H2,1-4H3. The Labute approximate surface area is 180 Å². The van der Waals surface area contributed by atoms with Crippen molar-refractivity contribution >= 4 is 17.7 Å². The molecule has 1 aromatic rings. The zero-order valence-corrected chi connectivity index (χ0v) is 18.7. The Bertz CT molecular complexity index is 772. The van der Waals surface area contributed by atoms with Crippen LogP contribution in [0.3, 0.4) is 0 Å². The van der Waals surface area contributed by atoms with E-state index >= 15 is 0 Å². The van der Waals surface area contributed by atoms with Gasteiger partial charge in [-0.1, -0.05) is 19.9 Å². The summed E-state index contributed by atoms with van der Waals surface area (Å²) in [7, 11) is 0. The summed E-state index contributed by atoms with van der Waals surface area (Å²) < 4.78 is 5.34. The maximum Gasteiger partial charge on any atom is 0.409 e. The van der Waals surface area contributed by atoms with Gasteiger partial charge in [0, 0.05) is 38.4 Å². The summed E-state index contributed by atoms with van der Waals surface area (Å²) in [6, 6.07) is 8.08. The molecule has 1 aliphatic rings. The Morgan fingerprint density at radius 3 is 2.60 bits per heavy atom. The van der Waals surface area contributed by atoms with Crippen LogP contribution in [-0.4, -0.2) is 67.7 Å². The average Bonchev–Trinajstić information content (AvgIpc) is 2.94. The molecular weight excluding hydrogens is 380 g/mol. The molecule has 7 heteroatoms. The molecule has 7 nitrogen and oxygen atoms in total. The third kappa shape index (κ3) is 7.03. The molecular formula is C23H34N4O3. The molecule has 0 aliphatic carbocycles. The van der Waals surface area contributed by atoms with E-state index in [1.54, 1.807) is 9.80 Å². The van der Waals surface area contributed by atoms with Crippen molar-refractivity contribution in [3.8, 4) is 6.07 Å². The lowest BCUT2D eigenvalue weighted by Gasteiger charge is -2.27. The van der Waals surface area contributed by atoms with Gasteiger partial charge in [0.05, 0.1) is 25.6 Å². The average molecular weight is 415 g/mol. The monoisotopic (exact) mass is 414 g/mol. The van der Waals surface area contributed by atoms with E-state index < -0.39 is 0 Å². The molecule has 0 radical (unpaired) electrons. The Balaban J connectivity index is 1.98. The van der Waals surface area contributed by atoms with Crippen LogP contribution in [0.1, 0.15) is 37.8 Å². The van der Waals surface area contributed by atoms with Gasteiger partial charge in [-0.05, 0) is 49.4 Å². The molecule has 30 heavy (non-hydrogen) atoms. The summed E-state index contributed by atoms with van der Waals surface area (Å²) in [5.41, 5.74) is 3.11. The fourth-order valence-corrected chi connectivity index (χ4v) is 3.37. The molecule has 0 unspecified atom stereocenters. The number of amides is 2. The van der Waals surface area contributed by atoms with Crippen molar-refractivity contribution < 1.29 is 14.3 Å². The molecule has 0 bridgehead atoms. The van der Waals surface area contributed by atoms with Crippen molar-refractivity contribution in [3.63, 3.8) is 0 Å². The van der Waals surface area contributed by atoms with Crippen molar-refractivity contribution in [2.45, 2.75) is 40.5 Å². The molecule has 1 heterocycles. The molecule has 0 saturated carbocycles. The first-order chi connectivity index (χ1) is 14.3. The molecule has 1 aliphatic heterocycles. The highest BCUT2D eigenvalue weighted by molar-refractivity contribution is 5.95. The molecule has 164 valence electrons. The number of hydrogen-bond acceptors (Lipinski definition) is 5. The van der Waals surface area contributed by atoms with Crippen LogP contribution in [0.4, 0.5) is 10.5 Å². The van der Waals surface area contributed by atoms with E-state index in [1.165, 1.54) is 5.56 Å². The lowest BCUT2D eigenvalue weighted by atomic mass is 10.1. The normalized spacial score (nSPS) is 14.9. The van der Waals surface area contributed by atoms with Crippen LogP contribution in [-0.2, 0) is 9.53 Å². The number of nitriles is 1. The highest BCUT2D eigenvalue weighted by Crippen LogP contribution is 2.20. The summed E-state index contributed by atoms with van der Waals surface area (Å²) >= 11 is 0. The summed E-state index contributed by atoms with van der Waals surface area (Å²) in [6.45, 7) is 11.7. The van der Waals surface area contributed by atoms with Gasteiger partial charge in [-0.2, -0.15) is 5.26 Å². The largest absolute Gasteiger partial charge is 0.449 e. The summed E-state index contributed by atoms with van der Waals surface area (Å²) in [5.74, 6) is 0.282. The minimum atomic E-state index is -0.275. The maximum absolute atomic E-state index is 13.1. The van der Waals surface area contributed by atoms with Gasteiger partial charge in [0.1, 0.15) is 0 Å². The van der Waals surface area contributed by atoms with Crippen molar-refractivity contribution in [2.24, 2.45) is 5.92 Å². The summed E-state index contributed by atoms with van der Waals surface area (Å²) in [6.07, 6.45) is 0.808. The number of rotatable bonds is 7. The van der Waals surface area contributed by atoms with Gasteiger partial charge in [-0.15, -0.1) is 0 Å². The highest BCUT2D eigenvalue weighted by Gasteiger charge is 2.24. The molecule has 0 atom stereocenters. The van der Waals surface area contributed by atoms with Crippen LogP contribution < -0.4 is 4.90 Å². The number of aryl methyl sites for hydroxylation is 2. The van der Waals surface area contributed by atoms with Gasteiger partial charge in [0.2, 0.25) is 5.91 Å². The Hall–Kier alpha value is -2.59. The minimum absolute atomic E-state index is 0.0238. The van der Waals surface area contributed by atoms with E-state index in [-0.39, 0.29) is 25.0 Å². The fourth-order valence-electron chi connectivity index (χ4n) is 3.37. The van der Waals surface area contributed by atoms with E-state index in [2.05, 4.69) is 11.0 Å². The fraction of sp³-hybridized carbons (Fsp3) is 0.609. The van der Waals surface area contributed by atoms with Crippen LogP contribution in [0.15, 0.2) is 18.2 Å². The molecule has 1 saturated heterocycles. The zero-order chi connectivity index (χ0) is 22.1. The minimum Gasteiger partial charge on any atom is -0.449 e. The Kier molecular flexibility index (Phi) is 9.13. The third-order valence-corrected chi connectivity index (χ3v) is 5.30. The van der Waals surface area contributed by atoms with Gasteiger partial charge >= 0.3 is 6.09 Å². The number of anilines is 1. The van der Waals surface area contributed by atoms with Gasteiger partial charge in [0.15, 0.2) is 0 Å². The topological polar surface area (TPSA) is 76.9 Å². The molecule has 1 aromatic carbocycles. The molecule has 1 fully saturated rings.